The van der Waals surface area contributed by atoms with Crippen molar-refractivity contribution in [2.75, 3.05) is 12.4 Å². The van der Waals surface area contributed by atoms with Gasteiger partial charge in [0.25, 0.3) is 0 Å². The Morgan fingerprint density at radius 2 is 1.91 bits per heavy atom. The molecule has 0 heterocycles. The van der Waals surface area contributed by atoms with Crippen molar-refractivity contribution in [1.82, 2.24) is 0 Å². The molecular weight excluding hydrogens is 208 g/mol. The molecule has 0 saturated carbocycles. The number of rotatable bonds is 6. The smallest absolute Gasteiger partial charge is 0.305 e. The predicted octanol–water partition coefficient (Wildman–Crippen LogP) is 2.50. The fourth-order valence-electron chi connectivity index (χ4n) is 0.819. The molecule has 0 aromatic carbocycles. The van der Waals surface area contributed by atoms with Crippen molar-refractivity contribution in [1.29, 1.82) is 0 Å². The molecule has 0 aromatic rings. The first-order valence-electron chi connectivity index (χ1n) is 3.94. The van der Waals surface area contributed by atoms with Crippen molar-refractivity contribution < 1.29 is 9.53 Å². The number of esters is 1. The second-order valence-electron chi connectivity index (χ2n) is 2.43. The molecule has 0 saturated heterocycles. The molecule has 66 valence electrons. The zero-order chi connectivity index (χ0) is 8.53. The van der Waals surface area contributed by atoms with Crippen LogP contribution in [0.3, 0.4) is 0 Å². The first-order chi connectivity index (χ1) is 5.31. The lowest BCUT2D eigenvalue weighted by Gasteiger charge is -1.98. The third-order valence-electron chi connectivity index (χ3n) is 1.49. The molecule has 0 amide bonds. The van der Waals surface area contributed by atoms with Crippen molar-refractivity contribution in [3.05, 3.63) is 0 Å². The first kappa shape index (κ1) is 11.0. The van der Waals surface area contributed by atoms with E-state index >= 15 is 0 Å². The van der Waals surface area contributed by atoms with Crippen molar-refractivity contribution >= 4 is 21.9 Å². The Bertz CT molecular complexity index is 104. The van der Waals surface area contributed by atoms with Crippen LogP contribution in [0.5, 0.6) is 0 Å². The summed E-state index contributed by atoms with van der Waals surface area (Å²) in [6.07, 6.45) is 5.04. The molecule has 0 atom stereocenters. The number of carbonyl (C=O) groups is 1. The highest BCUT2D eigenvalue weighted by Gasteiger charge is 1.97. The number of ether oxygens (including phenoxy) is 1. The van der Waals surface area contributed by atoms with Gasteiger partial charge < -0.3 is 4.74 Å². The van der Waals surface area contributed by atoms with E-state index in [4.69, 9.17) is 0 Å². The number of carbonyl (C=O) groups excluding carboxylic acids is 1. The van der Waals surface area contributed by atoms with Gasteiger partial charge in [-0.25, -0.2) is 0 Å². The Kier molecular flexibility index (Phi) is 8.01. The van der Waals surface area contributed by atoms with Crippen molar-refractivity contribution in [3.63, 3.8) is 0 Å². The summed E-state index contributed by atoms with van der Waals surface area (Å²) < 4.78 is 4.51. The Morgan fingerprint density at radius 3 is 2.45 bits per heavy atom. The Morgan fingerprint density at radius 1 is 1.27 bits per heavy atom. The van der Waals surface area contributed by atoms with Crippen LogP contribution in [0.15, 0.2) is 0 Å². The SMILES string of the molecule is COC(=O)CCCCCCBr. The van der Waals surface area contributed by atoms with Crippen molar-refractivity contribution in [2.24, 2.45) is 0 Å². The molecule has 0 N–H and O–H groups in total. The molecule has 0 aliphatic heterocycles. The molecular formula is C8H15BrO2. The quantitative estimate of drug-likeness (QED) is 0.393. The van der Waals surface area contributed by atoms with Gasteiger partial charge in [0.1, 0.15) is 0 Å². The molecule has 0 rings (SSSR count). The number of methoxy groups -OCH3 is 1. The average Bonchev–Trinajstić information content (AvgIpc) is 2.04. The molecule has 0 fully saturated rings. The predicted molar refractivity (Wildman–Crippen MR) is 48.9 cm³/mol. The molecule has 0 unspecified atom stereocenters. The maximum absolute atomic E-state index is 10.6. The third kappa shape index (κ3) is 7.85. The van der Waals surface area contributed by atoms with Gasteiger partial charge in [0.05, 0.1) is 7.11 Å². The van der Waals surface area contributed by atoms with Gasteiger partial charge in [-0.1, -0.05) is 28.8 Å². The van der Waals surface area contributed by atoms with Crippen molar-refractivity contribution in [2.45, 2.75) is 32.1 Å². The minimum absolute atomic E-state index is 0.0937. The normalized spacial score (nSPS) is 9.64. The second-order valence-corrected chi connectivity index (χ2v) is 3.22. The lowest BCUT2D eigenvalue weighted by molar-refractivity contribution is -0.140. The van der Waals surface area contributed by atoms with E-state index in [1.54, 1.807) is 0 Å². The second kappa shape index (κ2) is 8.05. The van der Waals surface area contributed by atoms with Crippen LogP contribution in [-0.4, -0.2) is 18.4 Å². The minimum Gasteiger partial charge on any atom is -0.469 e. The molecule has 0 spiro atoms. The minimum atomic E-state index is -0.0937. The fraction of sp³-hybridized carbons (Fsp3) is 0.875. The average molecular weight is 223 g/mol. The maximum Gasteiger partial charge on any atom is 0.305 e. The largest absolute Gasteiger partial charge is 0.469 e. The Hall–Kier alpha value is -0.0500. The van der Waals surface area contributed by atoms with E-state index in [0.29, 0.717) is 6.42 Å². The summed E-state index contributed by atoms with van der Waals surface area (Å²) in [7, 11) is 1.43. The van der Waals surface area contributed by atoms with Gasteiger partial charge in [0, 0.05) is 11.8 Å². The molecule has 0 radical (unpaired) electrons. The molecule has 3 heteroatoms. The maximum atomic E-state index is 10.6. The van der Waals surface area contributed by atoms with E-state index in [9.17, 15) is 4.79 Å². The third-order valence-corrected chi connectivity index (χ3v) is 2.05. The van der Waals surface area contributed by atoms with Crippen LogP contribution in [-0.2, 0) is 9.53 Å². The van der Waals surface area contributed by atoms with E-state index in [1.807, 2.05) is 0 Å². The van der Waals surface area contributed by atoms with Gasteiger partial charge in [-0.2, -0.15) is 0 Å². The summed E-state index contributed by atoms with van der Waals surface area (Å²) in [5, 5.41) is 1.06. The number of unbranched alkanes of at least 4 members (excludes halogenated alkanes) is 3. The summed E-state index contributed by atoms with van der Waals surface area (Å²) in [6, 6.07) is 0. The zero-order valence-corrected chi connectivity index (χ0v) is 8.52. The fourth-order valence-corrected chi connectivity index (χ4v) is 1.22. The van der Waals surface area contributed by atoms with E-state index < -0.39 is 0 Å². The van der Waals surface area contributed by atoms with Gasteiger partial charge in [-0.3, -0.25) is 4.79 Å². The summed E-state index contributed by atoms with van der Waals surface area (Å²) in [6.45, 7) is 0. The lowest BCUT2D eigenvalue weighted by Crippen LogP contribution is -1.99. The van der Waals surface area contributed by atoms with Crippen LogP contribution in [0.4, 0.5) is 0 Å². The highest BCUT2D eigenvalue weighted by Crippen LogP contribution is 2.04. The highest BCUT2D eigenvalue weighted by molar-refractivity contribution is 9.09. The zero-order valence-electron chi connectivity index (χ0n) is 6.94. The van der Waals surface area contributed by atoms with Crippen LogP contribution < -0.4 is 0 Å². The summed E-state index contributed by atoms with van der Waals surface area (Å²) in [5.41, 5.74) is 0. The monoisotopic (exact) mass is 222 g/mol. The van der Waals surface area contributed by atoms with E-state index in [-0.39, 0.29) is 5.97 Å². The van der Waals surface area contributed by atoms with Gasteiger partial charge in [0.2, 0.25) is 0 Å². The van der Waals surface area contributed by atoms with E-state index in [0.717, 1.165) is 18.2 Å². The Labute approximate surface area is 76.4 Å². The van der Waals surface area contributed by atoms with Crippen LogP contribution in [0.25, 0.3) is 0 Å². The van der Waals surface area contributed by atoms with Gasteiger partial charge in [-0.15, -0.1) is 0 Å². The highest BCUT2D eigenvalue weighted by atomic mass is 79.9. The van der Waals surface area contributed by atoms with Crippen molar-refractivity contribution in [3.8, 4) is 0 Å². The number of alkyl halides is 1. The standard InChI is InChI=1S/C8H15BrO2/c1-11-8(10)6-4-2-3-5-7-9/h2-7H2,1H3. The topological polar surface area (TPSA) is 26.3 Å². The van der Waals surface area contributed by atoms with Crippen LogP contribution >= 0.6 is 15.9 Å². The summed E-state index contributed by atoms with van der Waals surface area (Å²) in [5.74, 6) is -0.0937. The van der Waals surface area contributed by atoms with Crippen LogP contribution in [0, 0.1) is 0 Å². The van der Waals surface area contributed by atoms with Crippen LogP contribution in [0.2, 0.25) is 0 Å². The van der Waals surface area contributed by atoms with Crippen LogP contribution in [0.1, 0.15) is 32.1 Å². The van der Waals surface area contributed by atoms with Gasteiger partial charge in [0.15, 0.2) is 0 Å². The Balaban J connectivity index is 2.95. The number of hydrogen-bond donors (Lipinski definition) is 0. The summed E-state index contributed by atoms with van der Waals surface area (Å²) in [4.78, 5) is 10.6. The number of halogens is 1. The van der Waals surface area contributed by atoms with E-state index in [2.05, 4.69) is 20.7 Å². The lowest BCUT2D eigenvalue weighted by atomic mass is 10.2. The first-order valence-corrected chi connectivity index (χ1v) is 5.06. The molecule has 0 aliphatic rings. The molecule has 0 bridgehead atoms. The number of hydrogen-bond acceptors (Lipinski definition) is 2. The molecule has 2 nitrogen and oxygen atoms in total. The molecule has 0 aromatic heterocycles. The van der Waals surface area contributed by atoms with Gasteiger partial charge >= 0.3 is 5.97 Å². The molecule has 0 aliphatic carbocycles. The van der Waals surface area contributed by atoms with Gasteiger partial charge in [-0.05, 0) is 12.8 Å². The molecule has 11 heavy (non-hydrogen) atoms. The van der Waals surface area contributed by atoms with E-state index in [1.165, 1.54) is 20.0 Å². The summed E-state index contributed by atoms with van der Waals surface area (Å²) >= 11 is 3.35.